The van der Waals surface area contributed by atoms with Crippen LogP contribution >= 0.6 is 11.6 Å². The van der Waals surface area contributed by atoms with E-state index < -0.39 is 10.0 Å². The van der Waals surface area contributed by atoms with E-state index in [4.69, 9.17) is 21.1 Å². The average Bonchev–Trinajstić information content (AvgIpc) is 2.54. The number of nitrogens with zero attached hydrogens (tertiary/aromatic N) is 1. The Morgan fingerprint density at radius 2 is 1.64 bits per heavy atom. The maximum atomic E-state index is 12.7. The van der Waals surface area contributed by atoms with E-state index in [9.17, 15) is 8.42 Å². The molecule has 2 aromatic rings. The molecule has 0 saturated carbocycles. The lowest BCUT2D eigenvalue weighted by atomic mass is 10.3. The second kappa shape index (κ2) is 5.70. The van der Waals surface area contributed by atoms with Gasteiger partial charge in [-0.05, 0) is 36.4 Å². The lowest BCUT2D eigenvalue weighted by Crippen LogP contribution is -2.26. The summed E-state index contributed by atoms with van der Waals surface area (Å²) in [4.78, 5) is 0.147. The minimum atomic E-state index is -3.68. The molecule has 0 N–H and O–H groups in total. The Morgan fingerprint density at radius 1 is 1.00 bits per heavy atom. The summed E-state index contributed by atoms with van der Waals surface area (Å²) in [7, 11) is -2.19. The Labute approximate surface area is 134 Å². The molecule has 2 aromatic carbocycles. The first-order chi connectivity index (χ1) is 10.5. The van der Waals surface area contributed by atoms with E-state index in [1.807, 2.05) is 0 Å². The molecule has 0 bridgehead atoms. The van der Waals surface area contributed by atoms with Gasteiger partial charge in [-0.3, -0.25) is 4.31 Å². The zero-order chi connectivity index (χ0) is 15.7. The Bertz CT molecular complexity index is 790. The third-order valence-corrected chi connectivity index (χ3v) is 5.40. The third-order valence-electron chi connectivity index (χ3n) is 3.36. The van der Waals surface area contributed by atoms with Crippen molar-refractivity contribution in [2.24, 2.45) is 0 Å². The molecule has 116 valence electrons. The summed E-state index contributed by atoms with van der Waals surface area (Å²) in [5.41, 5.74) is 0.527. The monoisotopic (exact) mass is 339 g/mol. The molecule has 0 amide bonds. The second-order valence-corrected chi connectivity index (χ2v) is 7.16. The van der Waals surface area contributed by atoms with Crippen LogP contribution in [0.2, 0.25) is 5.02 Å². The van der Waals surface area contributed by atoms with Crippen LogP contribution in [0.4, 0.5) is 5.69 Å². The fourth-order valence-electron chi connectivity index (χ4n) is 2.13. The maximum Gasteiger partial charge on any atom is 0.264 e. The van der Waals surface area contributed by atoms with Crippen molar-refractivity contribution in [3.8, 4) is 11.5 Å². The molecule has 0 aromatic heterocycles. The summed E-state index contributed by atoms with van der Waals surface area (Å²) in [6.45, 7) is 0.868. The molecule has 0 unspecified atom stereocenters. The fourth-order valence-corrected chi connectivity index (χ4v) is 3.47. The van der Waals surface area contributed by atoms with Gasteiger partial charge in [-0.1, -0.05) is 11.6 Å². The van der Waals surface area contributed by atoms with Crippen molar-refractivity contribution in [1.29, 1.82) is 0 Å². The smallest absolute Gasteiger partial charge is 0.264 e. The summed E-state index contributed by atoms with van der Waals surface area (Å²) in [6.07, 6.45) is 0. The van der Waals surface area contributed by atoms with E-state index in [1.165, 1.54) is 23.5 Å². The van der Waals surface area contributed by atoms with E-state index in [0.717, 1.165) is 0 Å². The zero-order valence-electron chi connectivity index (χ0n) is 11.8. The third kappa shape index (κ3) is 2.71. The van der Waals surface area contributed by atoms with Crippen molar-refractivity contribution >= 4 is 27.3 Å². The zero-order valence-corrected chi connectivity index (χ0v) is 13.4. The lowest BCUT2D eigenvalue weighted by molar-refractivity contribution is 0.171. The second-order valence-electron chi connectivity index (χ2n) is 4.75. The van der Waals surface area contributed by atoms with Gasteiger partial charge < -0.3 is 9.47 Å². The highest BCUT2D eigenvalue weighted by Crippen LogP contribution is 2.33. The molecular formula is C15H14ClNO4S. The maximum absolute atomic E-state index is 12.7. The van der Waals surface area contributed by atoms with Gasteiger partial charge >= 0.3 is 0 Å². The highest BCUT2D eigenvalue weighted by molar-refractivity contribution is 7.92. The van der Waals surface area contributed by atoms with Crippen molar-refractivity contribution in [3.63, 3.8) is 0 Å². The predicted octanol–water partition coefficient (Wildman–Crippen LogP) is 2.94. The number of halogens is 1. The molecule has 0 aliphatic carbocycles. The standard InChI is InChI=1S/C15H14ClNO4S/c1-17(12-4-2-11(16)3-5-12)22(18,19)13-6-7-14-15(10-13)21-9-8-20-14/h2-7,10H,8-9H2,1H3. The van der Waals surface area contributed by atoms with E-state index in [1.54, 1.807) is 30.3 Å². The van der Waals surface area contributed by atoms with Gasteiger partial charge in [0, 0.05) is 18.1 Å². The van der Waals surface area contributed by atoms with E-state index >= 15 is 0 Å². The SMILES string of the molecule is CN(c1ccc(Cl)cc1)S(=O)(=O)c1ccc2c(c1)OCCO2. The predicted molar refractivity (Wildman–Crippen MR) is 84.5 cm³/mol. The summed E-state index contributed by atoms with van der Waals surface area (Å²) in [5, 5.41) is 0.550. The van der Waals surface area contributed by atoms with Gasteiger partial charge in [0.25, 0.3) is 10.0 Å². The molecule has 1 heterocycles. The van der Waals surface area contributed by atoms with Gasteiger partial charge in [-0.2, -0.15) is 0 Å². The molecule has 0 spiro atoms. The van der Waals surface area contributed by atoms with Gasteiger partial charge in [0.2, 0.25) is 0 Å². The number of sulfonamides is 1. The van der Waals surface area contributed by atoms with Gasteiger partial charge in [0.05, 0.1) is 10.6 Å². The molecular weight excluding hydrogens is 326 g/mol. The van der Waals surface area contributed by atoms with Crippen LogP contribution in [0.15, 0.2) is 47.4 Å². The summed E-state index contributed by atoms with van der Waals surface area (Å²) >= 11 is 5.83. The Balaban J connectivity index is 1.97. The first-order valence-corrected chi connectivity index (χ1v) is 8.44. The molecule has 3 rings (SSSR count). The van der Waals surface area contributed by atoms with Gasteiger partial charge in [-0.25, -0.2) is 8.42 Å². The van der Waals surface area contributed by atoms with Gasteiger partial charge in [0.1, 0.15) is 13.2 Å². The molecule has 1 aliphatic heterocycles. The molecule has 1 aliphatic rings. The number of ether oxygens (including phenoxy) is 2. The summed E-state index contributed by atoms with van der Waals surface area (Å²) < 4.78 is 37.4. The van der Waals surface area contributed by atoms with Crippen LogP contribution in [-0.2, 0) is 10.0 Å². The molecule has 0 atom stereocenters. The quantitative estimate of drug-likeness (QED) is 0.862. The highest BCUT2D eigenvalue weighted by atomic mass is 35.5. The van der Waals surface area contributed by atoms with Crippen LogP contribution in [-0.4, -0.2) is 28.7 Å². The molecule has 22 heavy (non-hydrogen) atoms. The van der Waals surface area contributed by atoms with Crippen molar-refractivity contribution in [2.45, 2.75) is 4.90 Å². The number of rotatable bonds is 3. The topological polar surface area (TPSA) is 55.8 Å². The van der Waals surface area contributed by atoms with Crippen molar-refractivity contribution < 1.29 is 17.9 Å². The normalized spacial score (nSPS) is 13.7. The number of hydrogen-bond donors (Lipinski definition) is 0. The van der Waals surface area contributed by atoms with E-state index in [2.05, 4.69) is 0 Å². The van der Waals surface area contributed by atoms with Crippen LogP contribution in [0, 0.1) is 0 Å². The number of fused-ring (bicyclic) bond motifs is 1. The minimum absolute atomic E-state index is 0.147. The molecule has 5 nitrogen and oxygen atoms in total. The molecule has 0 radical (unpaired) electrons. The first kappa shape index (κ1) is 15.0. The molecule has 0 saturated heterocycles. The highest BCUT2D eigenvalue weighted by Gasteiger charge is 2.24. The molecule has 7 heteroatoms. The van der Waals surface area contributed by atoms with Crippen LogP contribution in [0.1, 0.15) is 0 Å². The fraction of sp³-hybridized carbons (Fsp3) is 0.200. The largest absolute Gasteiger partial charge is 0.486 e. The van der Waals surface area contributed by atoms with Crippen LogP contribution in [0.5, 0.6) is 11.5 Å². The Kier molecular flexibility index (Phi) is 3.88. The van der Waals surface area contributed by atoms with Crippen LogP contribution in [0.25, 0.3) is 0 Å². The van der Waals surface area contributed by atoms with Crippen molar-refractivity contribution in [3.05, 3.63) is 47.5 Å². The summed E-state index contributed by atoms with van der Waals surface area (Å²) in [5.74, 6) is 0.996. The number of anilines is 1. The first-order valence-electron chi connectivity index (χ1n) is 6.62. The van der Waals surface area contributed by atoms with E-state index in [-0.39, 0.29) is 4.90 Å². The molecule has 0 fully saturated rings. The Hall–Kier alpha value is -1.92. The Morgan fingerprint density at radius 3 is 2.32 bits per heavy atom. The van der Waals surface area contributed by atoms with Crippen LogP contribution < -0.4 is 13.8 Å². The summed E-state index contributed by atoms with van der Waals surface area (Å²) in [6, 6.07) is 11.2. The minimum Gasteiger partial charge on any atom is -0.486 e. The van der Waals surface area contributed by atoms with Crippen molar-refractivity contribution in [1.82, 2.24) is 0 Å². The van der Waals surface area contributed by atoms with E-state index in [0.29, 0.717) is 35.4 Å². The average molecular weight is 340 g/mol. The number of hydrogen-bond acceptors (Lipinski definition) is 4. The van der Waals surface area contributed by atoms with Gasteiger partial charge in [0.15, 0.2) is 11.5 Å². The number of benzene rings is 2. The van der Waals surface area contributed by atoms with Crippen molar-refractivity contribution in [2.75, 3.05) is 24.6 Å². The lowest BCUT2D eigenvalue weighted by Gasteiger charge is -2.22. The van der Waals surface area contributed by atoms with Gasteiger partial charge in [-0.15, -0.1) is 0 Å². The van der Waals surface area contributed by atoms with Crippen LogP contribution in [0.3, 0.4) is 0 Å².